The van der Waals surface area contributed by atoms with Crippen LogP contribution in [0.15, 0.2) is 16.5 Å². The fourth-order valence-electron chi connectivity index (χ4n) is 1.05. The number of furan rings is 1. The van der Waals surface area contributed by atoms with Gasteiger partial charge in [0.05, 0.1) is 0 Å². The van der Waals surface area contributed by atoms with E-state index in [1.165, 1.54) is 6.07 Å². The molecule has 0 saturated carbocycles. The first-order chi connectivity index (χ1) is 7.75. The predicted octanol–water partition coefficient (Wildman–Crippen LogP) is 0.874. The van der Waals surface area contributed by atoms with Crippen LogP contribution in [0.25, 0.3) is 0 Å². The molecule has 8 heteroatoms. The van der Waals surface area contributed by atoms with Crippen LogP contribution >= 0.6 is 22.6 Å². The van der Waals surface area contributed by atoms with E-state index in [-0.39, 0.29) is 3.77 Å². The van der Waals surface area contributed by atoms with Crippen LogP contribution in [0.3, 0.4) is 0 Å². The van der Waals surface area contributed by atoms with Crippen LogP contribution in [0.2, 0.25) is 0 Å². The molecule has 0 amide bonds. The first-order valence-corrected chi connectivity index (χ1v) is 5.34. The molecule has 5 nitrogen and oxygen atoms in total. The SMILES string of the molecule is CC(=O)OC(c1ccc(I)o1)C(F)(F)C(=O)[O-]. The second kappa shape index (κ2) is 4.98. The van der Waals surface area contributed by atoms with Crippen molar-refractivity contribution in [3.05, 3.63) is 21.7 Å². The van der Waals surface area contributed by atoms with Crippen molar-refractivity contribution in [2.24, 2.45) is 0 Å². The van der Waals surface area contributed by atoms with Gasteiger partial charge in [0, 0.05) is 6.92 Å². The van der Waals surface area contributed by atoms with Crippen LogP contribution in [0.4, 0.5) is 8.78 Å². The number of alkyl halides is 2. The van der Waals surface area contributed by atoms with Gasteiger partial charge in [-0.05, 0) is 34.7 Å². The molecule has 0 radical (unpaired) electrons. The Labute approximate surface area is 108 Å². The molecule has 1 atom stereocenters. The van der Waals surface area contributed by atoms with E-state index in [9.17, 15) is 23.5 Å². The summed E-state index contributed by atoms with van der Waals surface area (Å²) in [5, 5.41) is 10.3. The first-order valence-electron chi connectivity index (χ1n) is 4.27. The number of carboxylic acid groups (broad SMARTS) is 1. The lowest BCUT2D eigenvalue weighted by molar-refractivity contribution is -0.337. The Morgan fingerprint density at radius 2 is 2.12 bits per heavy atom. The molecule has 0 aliphatic rings. The van der Waals surface area contributed by atoms with Gasteiger partial charge >= 0.3 is 11.9 Å². The van der Waals surface area contributed by atoms with Crippen molar-refractivity contribution in [2.75, 3.05) is 0 Å². The smallest absolute Gasteiger partial charge is 0.330 e. The molecular weight excluding hydrogens is 353 g/mol. The highest BCUT2D eigenvalue weighted by Gasteiger charge is 2.47. The number of carbonyl (C=O) groups excluding carboxylic acids is 2. The maximum atomic E-state index is 13.3. The number of carbonyl (C=O) groups is 2. The zero-order chi connectivity index (χ0) is 13.2. The first kappa shape index (κ1) is 13.9. The van der Waals surface area contributed by atoms with Crippen LogP contribution in [-0.2, 0) is 14.3 Å². The number of ether oxygens (including phenoxy) is 1. The zero-order valence-electron chi connectivity index (χ0n) is 8.41. The molecule has 0 saturated heterocycles. The lowest BCUT2D eigenvalue weighted by atomic mass is 10.1. The molecule has 94 valence electrons. The number of hydrogen-bond acceptors (Lipinski definition) is 5. The van der Waals surface area contributed by atoms with Gasteiger partial charge in [0.1, 0.15) is 5.97 Å². The lowest BCUT2D eigenvalue weighted by Crippen LogP contribution is -2.46. The zero-order valence-corrected chi connectivity index (χ0v) is 10.6. The summed E-state index contributed by atoms with van der Waals surface area (Å²) in [6.07, 6.45) is -2.34. The Kier molecular flexibility index (Phi) is 4.07. The number of halogens is 3. The third-order valence-corrected chi connectivity index (χ3v) is 2.32. The van der Waals surface area contributed by atoms with Crippen LogP contribution in [0.1, 0.15) is 18.8 Å². The van der Waals surface area contributed by atoms with Gasteiger partial charge in [-0.25, -0.2) is 0 Å². The second-order valence-electron chi connectivity index (χ2n) is 3.04. The van der Waals surface area contributed by atoms with Gasteiger partial charge in [0.25, 0.3) is 0 Å². The summed E-state index contributed by atoms with van der Waals surface area (Å²) in [6.45, 7) is 0.881. The van der Waals surface area contributed by atoms with Crippen LogP contribution in [0.5, 0.6) is 0 Å². The maximum Gasteiger partial charge on any atom is 0.330 e. The van der Waals surface area contributed by atoms with Crippen LogP contribution in [-0.4, -0.2) is 17.9 Å². The van der Waals surface area contributed by atoms with Gasteiger partial charge in [-0.3, -0.25) is 4.79 Å². The molecule has 17 heavy (non-hydrogen) atoms. The molecular formula is C9H6F2IO5-. The number of carboxylic acids is 1. The van der Waals surface area contributed by atoms with E-state index in [2.05, 4.69) is 4.74 Å². The molecule has 0 spiro atoms. The van der Waals surface area contributed by atoms with Gasteiger partial charge in [-0.1, -0.05) is 0 Å². The Balaban J connectivity index is 3.12. The molecule has 1 unspecified atom stereocenters. The molecule has 0 aromatic carbocycles. The van der Waals surface area contributed by atoms with Gasteiger partial charge in [-0.2, -0.15) is 8.78 Å². The maximum absolute atomic E-state index is 13.3. The van der Waals surface area contributed by atoms with E-state index in [0.717, 1.165) is 13.0 Å². The Hall–Kier alpha value is -1.19. The lowest BCUT2D eigenvalue weighted by Gasteiger charge is -2.25. The van der Waals surface area contributed by atoms with Gasteiger partial charge < -0.3 is 19.1 Å². The highest BCUT2D eigenvalue weighted by Crippen LogP contribution is 2.35. The standard InChI is InChI=1S/C9H7F2IO5/c1-4(13)16-7(9(10,11)8(14)15)5-2-3-6(12)17-5/h2-3,7H,1H3,(H,14,15)/p-1. The van der Waals surface area contributed by atoms with E-state index in [4.69, 9.17) is 4.42 Å². The molecule has 1 aromatic rings. The van der Waals surface area contributed by atoms with Crippen molar-refractivity contribution in [3.63, 3.8) is 0 Å². The summed E-state index contributed by atoms with van der Waals surface area (Å²) in [4.78, 5) is 21.0. The molecule has 0 N–H and O–H groups in total. The summed E-state index contributed by atoms with van der Waals surface area (Å²) in [5.41, 5.74) is 0. The highest BCUT2D eigenvalue weighted by molar-refractivity contribution is 14.1. The van der Waals surface area contributed by atoms with E-state index in [1.54, 1.807) is 22.6 Å². The molecule has 1 rings (SSSR count). The highest BCUT2D eigenvalue weighted by atomic mass is 127. The van der Waals surface area contributed by atoms with Crippen molar-refractivity contribution in [2.45, 2.75) is 19.0 Å². The molecule has 1 aromatic heterocycles. The van der Waals surface area contributed by atoms with Crippen LogP contribution in [0, 0.1) is 3.77 Å². The van der Waals surface area contributed by atoms with Crippen molar-refractivity contribution >= 4 is 34.5 Å². The van der Waals surface area contributed by atoms with Crippen LogP contribution < -0.4 is 5.11 Å². The Morgan fingerprint density at radius 3 is 2.47 bits per heavy atom. The minimum Gasteiger partial charge on any atom is -0.544 e. The van der Waals surface area contributed by atoms with Crippen molar-refractivity contribution in [1.29, 1.82) is 0 Å². The second-order valence-corrected chi connectivity index (χ2v) is 4.10. The monoisotopic (exact) mass is 359 g/mol. The minimum absolute atomic E-state index is 0.254. The van der Waals surface area contributed by atoms with Gasteiger partial charge in [-0.15, -0.1) is 0 Å². The van der Waals surface area contributed by atoms with Crippen molar-refractivity contribution in [1.82, 2.24) is 0 Å². The molecule has 0 bridgehead atoms. The Bertz CT molecular complexity index is 442. The van der Waals surface area contributed by atoms with Crippen molar-refractivity contribution < 1.29 is 32.6 Å². The molecule has 0 aliphatic heterocycles. The third kappa shape index (κ3) is 3.14. The number of rotatable bonds is 4. The fourth-order valence-corrected chi connectivity index (χ4v) is 1.49. The average molecular weight is 359 g/mol. The van der Waals surface area contributed by atoms with E-state index < -0.39 is 29.7 Å². The van der Waals surface area contributed by atoms with E-state index in [1.807, 2.05) is 0 Å². The minimum atomic E-state index is -4.37. The summed E-state index contributed by atoms with van der Waals surface area (Å²) in [7, 11) is 0. The van der Waals surface area contributed by atoms with E-state index in [0.29, 0.717) is 0 Å². The number of aliphatic carboxylic acids is 1. The van der Waals surface area contributed by atoms with Gasteiger partial charge in [0.15, 0.2) is 9.53 Å². The summed E-state index contributed by atoms with van der Waals surface area (Å²) in [5.74, 6) is -8.52. The largest absolute Gasteiger partial charge is 0.544 e. The van der Waals surface area contributed by atoms with E-state index >= 15 is 0 Å². The summed E-state index contributed by atoms with van der Waals surface area (Å²) in [6, 6.07) is 2.43. The molecule has 0 fully saturated rings. The normalized spacial score (nSPS) is 13.2. The van der Waals surface area contributed by atoms with Crippen molar-refractivity contribution in [3.8, 4) is 0 Å². The predicted molar refractivity (Wildman–Crippen MR) is 55.9 cm³/mol. The quantitative estimate of drug-likeness (QED) is 0.589. The number of esters is 1. The fraction of sp³-hybridized carbons (Fsp3) is 0.333. The van der Waals surface area contributed by atoms with Gasteiger partial charge in [0.2, 0.25) is 6.10 Å². The third-order valence-electron chi connectivity index (χ3n) is 1.74. The summed E-state index contributed by atoms with van der Waals surface area (Å²) >= 11 is 1.70. The average Bonchev–Trinajstić information content (AvgIpc) is 2.60. The number of hydrogen-bond donors (Lipinski definition) is 0. The molecule has 1 heterocycles. The Morgan fingerprint density at radius 1 is 1.53 bits per heavy atom. The summed E-state index contributed by atoms with van der Waals surface area (Å²) < 4.78 is 35.9. The topological polar surface area (TPSA) is 79.6 Å². The molecule has 0 aliphatic carbocycles.